The van der Waals surface area contributed by atoms with E-state index in [-0.39, 0.29) is 11.8 Å². The van der Waals surface area contributed by atoms with Crippen LogP contribution >= 0.6 is 11.6 Å². The maximum atomic E-state index is 12.5. The quantitative estimate of drug-likeness (QED) is 0.715. The largest absolute Gasteiger partial charge is 0.352 e. The number of halogens is 1. The molecular formula is C21H23ClN4O. The van der Waals surface area contributed by atoms with Gasteiger partial charge in [-0.1, -0.05) is 29.8 Å². The third-order valence-electron chi connectivity index (χ3n) is 5.15. The summed E-state index contributed by atoms with van der Waals surface area (Å²) in [5.41, 5.74) is 4.28. The number of piperidine rings is 1. The summed E-state index contributed by atoms with van der Waals surface area (Å²) in [4.78, 5) is 22.8. The number of hydrogen-bond acceptors (Lipinski definition) is 3. The summed E-state index contributed by atoms with van der Waals surface area (Å²) in [5.74, 6) is 1.07. The van der Waals surface area contributed by atoms with Crippen LogP contribution < -0.4 is 10.2 Å². The Morgan fingerprint density at radius 1 is 1.26 bits per heavy atom. The van der Waals surface area contributed by atoms with Crippen LogP contribution in [0.2, 0.25) is 5.02 Å². The molecule has 1 aliphatic rings. The van der Waals surface area contributed by atoms with Gasteiger partial charge in [-0.2, -0.15) is 0 Å². The Balaban J connectivity index is 1.33. The van der Waals surface area contributed by atoms with Gasteiger partial charge in [0.05, 0.1) is 11.0 Å². The summed E-state index contributed by atoms with van der Waals surface area (Å²) >= 11 is 5.99. The number of aryl methyl sites for hydroxylation is 1. The molecule has 2 aromatic carbocycles. The molecule has 0 radical (unpaired) electrons. The van der Waals surface area contributed by atoms with E-state index in [2.05, 4.69) is 39.2 Å². The Morgan fingerprint density at radius 2 is 2.07 bits per heavy atom. The second-order valence-electron chi connectivity index (χ2n) is 7.19. The molecule has 140 valence electrons. The van der Waals surface area contributed by atoms with Crippen molar-refractivity contribution >= 4 is 34.5 Å². The number of fused-ring (bicyclic) bond motifs is 1. The van der Waals surface area contributed by atoms with E-state index in [1.54, 1.807) is 0 Å². The Kier molecular flexibility index (Phi) is 5.03. The maximum Gasteiger partial charge on any atom is 0.223 e. The van der Waals surface area contributed by atoms with E-state index < -0.39 is 0 Å². The lowest BCUT2D eigenvalue weighted by molar-refractivity contribution is -0.125. The predicted molar refractivity (Wildman–Crippen MR) is 109 cm³/mol. The van der Waals surface area contributed by atoms with Crippen LogP contribution in [0.5, 0.6) is 0 Å². The molecule has 1 amide bonds. The molecule has 0 saturated carbocycles. The molecule has 3 aromatic rings. The minimum Gasteiger partial charge on any atom is -0.352 e. The molecule has 0 atom stereocenters. The molecule has 0 bridgehead atoms. The van der Waals surface area contributed by atoms with Gasteiger partial charge in [0, 0.05) is 30.6 Å². The standard InChI is InChI=1S/C21H23ClN4O/c1-14-5-6-18-19(11-14)25-21(24-18)26-9-7-16(8-10-26)20(27)23-13-15-3-2-4-17(22)12-15/h2-6,11-12,16H,7-10,13H2,1H3,(H,23,27)(H,24,25). The number of imidazole rings is 1. The summed E-state index contributed by atoms with van der Waals surface area (Å²) in [7, 11) is 0. The molecule has 2 heterocycles. The monoisotopic (exact) mass is 382 g/mol. The van der Waals surface area contributed by atoms with Gasteiger partial charge < -0.3 is 15.2 Å². The van der Waals surface area contributed by atoms with Crippen LogP contribution in [-0.4, -0.2) is 29.0 Å². The van der Waals surface area contributed by atoms with Gasteiger partial charge in [-0.25, -0.2) is 4.98 Å². The SMILES string of the molecule is Cc1ccc2nc(N3CCC(C(=O)NCc4cccc(Cl)c4)CC3)[nH]c2c1. The van der Waals surface area contributed by atoms with Crippen molar-refractivity contribution in [2.75, 3.05) is 18.0 Å². The highest BCUT2D eigenvalue weighted by Crippen LogP contribution is 2.24. The van der Waals surface area contributed by atoms with Crippen molar-refractivity contribution in [3.8, 4) is 0 Å². The van der Waals surface area contributed by atoms with Crippen LogP contribution in [0.3, 0.4) is 0 Å². The molecule has 1 aromatic heterocycles. The summed E-state index contributed by atoms with van der Waals surface area (Å²) in [5, 5.41) is 3.73. The van der Waals surface area contributed by atoms with Crippen LogP contribution in [0, 0.1) is 12.8 Å². The molecule has 2 N–H and O–H groups in total. The zero-order valence-electron chi connectivity index (χ0n) is 15.3. The number of carbonyl (C=O) groups is 1. The van der Waals surface area contributed by atoms with Crippen LogP contribution in [0.1, 0.15) is 24.0 Å². The summed E-state index contributed by atoms with van der Waals surface area (Å²) in [6.07, 6.45) is 1.66. The van der Waals surface area contributed by atoms with E-state index in [0.717, 1.165) is 48.5 Å². The van der Waals surface area contributed by atoms with Crippen LogP contribution in [0.15, 0.2) is 42.5 Å². The first-order valence-corrected chi connectivity index (χ1v) is 9.70. The lowest BCUT2D eigenvalue weighted by Crippen LogP contribution is -2.40. The number of aromatic nitrogens is 2. The van der Waals surface area contributed by atoms with Gasteiger partial charge >= 0.3 is 0 Å². The summed E-state index contributed by atoms with van der Waals surface area (Å²) < 4.78 is 0. The number of H-pyrrole nitrogens is 1. The molecule has 0 unspecified atom stereocenters. The van der Waals surface area contributed by atoms with Crippen molar-refractivity contribution in [2.45, 2.75) is 26.3 Å². The highest BCUT2D eigenvalue weighted by Gasteiger charge is 2.26. The van der Waals surface area contributed by atoms with Gasteiger partial charge in [0.1, 0.15) is 0 Å². The Labute approximate surface area is 163 Å². The zero-order valence-corrected chi connectivity index (χ0v) is 16.1. The predicted octanol–water partition coefficient (Wildman–Crippen LogP) is 4.06. The molecule has 6 heteroatoms. The lowest BCUT2D eigenvalue weighted by atomic mass is 9.96. The van der Waals surface area contributed by atoms with E-state index in [4.69, 9.17) is 11.6 Å². The highest BCUT2D eigenvalue weighted by molar-refractivity contribution is 6.30. The van der Waals surface area contributed by atoms with Gasteiger partial charge in [0.15, 0.2) is 0 Å². The van der Waals surface area contributed by atoms with Gasteiger partial charge in [-0.05, 0) is 55.2 Å². The molecule has 0 aliphatic carbocycles. The molecule has 0 spiro atoms. The van der Waals surface area contributed by atoms with Crippen molar-refractivity contribution in [3.05, 3.63) is 58.6 Å². The normalized spacial score (nSPS) is 15.3. The molecule has 1 fully saturated rings. The second-order valence-corrected chi connectivity index (χ2v) is 7.63. The topological polar surface area (TPSA) is 61.0 Å². The molecule has 4 rings (SSSR count). The van der Waals surface area contributed by atoms with Gasteiger partial charge in [-0.3, -0.25) is 4.79 Å². The number of nitrogens with zero attached hydrogens (tertiary/aromatic N) is 2. The Morgan fingerprint density at radius 3 is 2.85 bits per heavy atom. The van der Waals surface area contributed by atoms with E-state index in [1.165, 1.54) is 5.56 Å². The number of aromatic amines is 1. The summed E-state index contributed by atoms with van der Waals surface area (Å²) in [6.45, 7) is 4.25. The number of carbonyl (C=O) groups excluding carboxylic acids is 1. The Hall–Kier alpha value is -2.53. The first-order chi connectivity index (χ1) is 13.1. The van der Waals surface area contributed by atoms with Crippen molar-refractivity contribution in [1.29, 1.82) is 0 Å². The van der Waals surface area contributed by atoms with Crippen molar-refractivity contribution < 1.29 is 4.79 Å². The van der Waals surface area contributed by atoms with Crippen molar-refractivity contribution in [3.63, 3.8) is 0 Å². The van der Waals surface area contributed by atoms with Gasteiger partial charge in [-0.15, -0.1) is 0 Å². The van der Waals surface area contributed by atoms with Crippen LogP contribution in [0.4, 0.5) is 5.95 Å². The average Bonchev–Trinajstić information content (AvgIpc) is 3.09. The smallest absolute Gasteiger partial charge is 0.223 e. The second kappa shape index (κ2) is 7.61. The lowest BCUT2D eigenvalue weighted by Gasteiger charge is -2.31. The average molecular weight is 383 g/mol. The summed E-state index contributed by atoms with van der Waals surface area (Å²) in [6, 6.07) is 13.8. The number of amides is 1. The third-order valence-corrected chi connectivity index (χ3v) is 5.38. The van der Waals surface area contributed by atoms with Crippen molar-refractivity contribution in [1.82, 2.24) is 15.3 Å². The molecule has 1 aliphatic heterocycles. The van der Waals surface area contributed by atoms with E-state index >= 15 is 0 Å². The van der Waals surface area contributed by atoms with E-state index in [1.807, 2.05) is 30.3 Å². The first-order valence-electron chi connectivity index (χ1n) is 9.32. The fraction of sp³-hybridized carbons (Fsp3) is 0.333. The molecule has 27 heavy (non-hydrogen) atoms. The highest BCUT2D eigenvalue weighted by atomic mass is 35.5. The molecule has 1 saturated heterocycles. The maximum absolute atomic E-state index is 12.5. The fourth-order valence-electron chi connectivity index (χ4n) is 3.59. The van der Waals surface area contributed by atoms with Crippen molar-refractivity contribution in [2.24, 2.45) is 5.92 Å². The molecular weight excluding hydrogens is 360 g/mol. The van der Waals surface area contributed by atoms with E-state index in [0.29, 0.717) is 11.6 Å². The number of nitrogens with one attached hydrogen (secondary N) is 2. The van der Waals surface area contributed by atoms with Gasteiger partial charge in [0.2, 0.25) is 11.9 Å². The fourth-order valence-corrected chi connectivity index (χ4v) is 3.81. The number of anilines is 1. The number of hydrogen-bond donors (Lipinski definition) is 2. The zero-order chi connectivity index (χ0) is 18.8. The minimum atomic E-state index is 0.0482. The third kappa shape index (κ3) is 4.08. The Bertz CT molecular complexity index is 960. The minimum absolute atomic E-state index is 0.0482. The number of rotatable bonds is 4. The van der Waals surface area contributed by atoms with Crippen LogP contribution in [-0.2, 0) is 11.3 Å². The first kappa shape index (κ1) is 17.9. The molecule has 5 nitrogen and oxygen atoms in total. The van der Waals surface area contributed by atoms with E-state index in [9.17, 15) is 4.79 Å². The van der Waals surface area contributed by atoms with Gasteiger partial charge in [0.25, 0.3) is 0 Å². The van der Waals surface area contributed by atoms with Crippen LogP contribution in [0.25, 0.3) is 11.0 Å². The number of benzene rings is 2.